The number of fused-ring (bicyclic) bond motifs is 1. The van der Waals surface area contributed by atoms with Crippen molar-refractivity contribution >= 4 is 28.9 Å². The van der Waals surface area contributed by atoms with E-state index in [1.165, 1.54) is 31.2 Å². The van der Waals surface area contributed by atoms with Gasteiger partial charge in [-0.25, -0.2) is 9.78 Å². The number of aromatic carboxylic acids is 1. The second kappa shape index (κ2) is 8.53. The number of nitrogens with one attached hydrogen (secondary N) is 1. The van der Waals surface area contributed by atoms with Crippen LogP contribution in [0.25, 0.3) is 0 Å². The largest absolute Gasteiger partial charge is 0.476 e. The van der Waals surface area contributed by atoms with Crippen LogP contribution in [0.2, 0.25) is 5.02 Å². The number of rotatable bonds is 6. The number of benzene rings is 2. The molecule has 3 aromatic rings. The number of imidazole rings is 1. The highest BCUT2D eigenvalue weighted by atomic mass is 35.5. The standard InChI is InChI=1S/C27H30ClN3O2/c1-17-8-21-9-18(2)13-27(21,12-17)20-6-7-24(23(28)11-20)30-22-5-3-4-19(10-22)14-31-15-25(26(32)33)29-16-31/h3-7,10-11,15-18,21,30H,8-9,12-14H2,1-2H3,(H,32,33). The van der Waals surface area contributed by atoms with E-state index in [9.17, 15) is 4.79 Å². The summed E-state index contributed by atoms with van der Waals surface area (Å²) in [5.41, 5.74) is 4.63. The zero-order valence-electron chi connectivity index (χ0n) is 19.1. The highest BCUT2D eigenvalue weighted by Gasteiger charge is 2.51. The molecule has 1 heterocycles. The highest BCUT2D eigenvalue weighted by Crippen LogP contribution is 2.59. The van der Waals surface area contributed by atoms with Gasteiger partial charge in [-0.05, 0) is 84.2 Å². The molecule has 0 amide bonds. The minimum atomic E-state index is -1.02. The first-order chi connectivity index (χ1) is 15.8. The van der Waals surface area contributed by atoms with Gasteiger partial charge in [-0.15, -0.1) is 0 Å². The maximum absolute atomic E-state index is 11.1. The van der Waals surface area contributed by atoms with E-state index in [1.54, 1.807) is 17.1 Å². The Hall–Kier alpha value is -2.79. The SMILES string of the molecule is CC1CC2CC(C)CC2(c2ccc(Nc3cccc(Cn4cnc(C(=O)O)c4)c3)c(Cl)c2)C1. The summed E-state index contributed by atoms with van der Waals surface area (Å²) in [5, 5.41) is 13.3. The van der Waals surface area contributed by atoms with Crippen molar-refractivity contribution in [3.8, 4) is 0 Å². The molecule has 5 nitrogen and oxygen atoms in total. The third kappa shape index (κ3) is 4.26. The number of hydrogen-bond acceptors (Lipinski definition) is 3. The van der Waals surface area contributed by atoms with Gasteiger partial charge >= 0.3 is 5.97 Å². The van der Waals surface area contributed by atoms with Crippen LogP contribution >= 0.6 is 11.6 Å². The highest BCUT2D eigenvalue weighted by molar-refractivity contribution is 6.33. The van der Waals surface area contributed by atoms with Crippen molar-refractivity contribution in [2.24, 2.45) is 17.8 Å². The van der Waals surface area contributed by atoms with Crippen LogP contribution < -0.4 is 5.32 Å². The van der Waals surface area contributed by atoms with Gasteiger partial charge in [0, 0.05) is 18.4 Å². The van der Waals surface area contributed by atoms with Crippen LogP contribution in [0, 0.1) is 17.8 Å². The first kappa shape index (κ1) is 22.0. The lowest BCUT2D eigenvalue weighted by Gasteiger charge is -2.31. The average molecular weight is 464 g/mol. The molecule has 2 unspecified atom stereocenters. The average Bonchev–Trinajstić information content (AvgIpc) is 3.42. The number of carboxylic acids is 1. The van der Waals surface area contributed by atoms with Crippen molar-refractivity contribution in [1.29, 1.82) is 0 Å². The van der Waals surface area contributed by atoms with Crippen LogP contribution in [0.4, 0.5) is 11.4 Å². The van der Waals surface area contributed by atoms with Crippen LogP contribution in [0.5, 0.6) is 0 Å². The molecule has 1 aromatic heterocycles. The van der Waals surface area contributed by atoms with Crippen LogP contribution in [0.1, 0.15) is 61.1 Å². The Morgan fingerprint density at radius 1 is 1.18 bits per heavy atom. The fourth-order valence-corrected chi connectivity index (χ4v) is 6.64. The number of carbonyl (C=O) groups is 1. The predicted octanol–water partition coefficient (Wildman–Crippen LogP) is 6.74. The van der Waals surface area contributed by atoms with Crippen molar-refractivity contribution in [3.05, 3.63) is 76.8 Å². The number of anilines is 2. The summed E-state index contributed by atoms with van der Waals surface area (Å²) in [6.45, 7) is 5.33. The summed E-state index contributed by atoms with van der Waals surface area (Å²) >= 11 is 6.79. The third-order valence-electron chi connectivity index (χ3n) is 7.55. The molecule has 6 heteroatoms. The van der Waals surface area contributed by atoms with E-state index in [0.29, 0.717) is 12.0 Å². The molecule has 0 spiro atoms. The Morgan fingerprint density at radius 2 is 1.94 bits per heavy atom. The summed E-state index contributed by atoms with van der Waals surface area (Å²) in [5.74, 6) is 1.32. The van der Waals surface area contributed by atoms with E-state index in [-0.39, 0.29) is 5.69 Å². The molecule has 0 radical (unpaired) electrons. The van der Waals surface area contributed by atoms with E-state index < -0.39 is 5.97 Å². The zero-order chi connectivity index (χ0) is 23.2. The number of halogens is 1. The summed E-state index contributed by atoms with van der Waals surface area (Å²) in [7, 11) is 0. The Labute approximate surface area is 199 Å². The summed E-state index contributed by atoms with van der Waals surface area (Å²) in [6, 6.07) is 14.6. The van der Waals surface area contributed by atoms with Gasteiger partial charge in [-0.2, -0.15) is 0 Å². The Morgan fingerprint density at radius 3 is 2.61 bits per heavy atom. The predicted molar refractivity (Wildman–Crippen MR) is 131 cm³/mol. The maximum Gasteiger partial charge on any atom is 0.356 e. The van der Waals surface area contributed by atoms with Gasteiger partial charge in [-0.1, -0.05) is 43.6 Å². The van der Waals surface area contributed by atoms with Crippen molar-refractivity contribution in [2.75, 3.05) is 5.32 Å². The molecule has 2 N–H and O–H groups in total. The van der Waals surface area contributed by atoms with Gasteiger partial charge in [-0.3, -0.25) is 0 Å². The third-order valence-corrected chi connectivity index (χ3v) is 7.86. The zero-order valence-corrected chi connectivity index (χ0v) is 19.8. The smallest absolute Gasteiger partial charge is 0.356 e. The van der Waals surface area contributed by atoms with Gasteiger partial charge in [0.05, 0.1) is 17.0 Å². The molecule has 2 saturated carbocycles. The van der Waals surface area contributed by atoms with Gasteiger partial charge in [0.1, 0.15) is 0 Å². The molecule has 0 bridgehead atoms. The van der Waals surface area contributed by atoms with Crippen molar-refractivity contribution in [3.63, 3.8) is 0 Å². The van der Waals surface area contributed by atoms with Gasteiger partial charge in [0.15, 0.2) is 5.69 Å². The second-order valence-electron chi connectivity index (χ2n) is 10.2. The fraction of sp³-hybridized carbons (Fsp3) is 0.407. The van der Waals surface area contributed by atoms with E-state index >= 15 is 0 Å². The number of nitrogens with zero attached hydrogens (tertiary/aromatic N) is 2. The van der Waals surface area contributed by atoms with E-state index in [4.69, 9.17) is 16.7 Å². The van der Waals surface area contributed by atoms with E-state index in [1.807, 2.05) is 18.2 Å². The Bertz CT molecular complexity index is 1170. The molecule has 172 valence electrons. The lowest BCUT2D eigenvalue weighted by atomic mass is 9.73. The van der Waals surface area contributed by atoms with Crippen molar-refractivity contribution < 1.29 is 9.90 Å². The molecular formula is C27H30ClN3O2. The quantitative estimate of drug-likeness (QED) is 0.424. The van der Waals surface area contributed by atoms with Gasteiger partial charge < -0.3 is 15.0 Å². The molecule has 33 heavy (non-hydrogen) atoms. The molecular weight excluding hydrogens is 434 g/mol. The summed E-state index contributed by atoms with van der Waals surface area (Å²) < 4.78 is 1.77. The van der Waals surface area contributed by atoms with Gasteiger partial charge in [0.2, 0.25) is 0 Å². The van der Waals surface area contributed by atoms with E-state index in [0.717, 1.165) is 39.7 Å². The van der Waals surface area contributed by atoms with Gasteiger partial charge in [0.25, 0.3) is 0 Å². The molecule has 0 aliphatic heterocycles. The summed E-state index contributed by atoms with van der Waals surface area (Å²) in [6.07, 6.45) is 8.29. The normalized spacial score (nSPS) is 26.3. The van der Waals surface area contributed by atoms with Crippen LogP contribution in [-0.2, 0) is 12.0 Å². The molecule has 2 aliphatic rings. The summed E-state index contributed by atoms with van der Waals surface area (Å²) in [4.78, 5) is 15.0. The fourth-order valence-electron chi connectivity index (χ4n) is 6.41. The number of hydrogen-bond donors (Lipinski definition) is 2. The van der Waals surface area contributed by atoms with E-state index in [2.05, 4.69) is 48.4 Å². The Kier molecular flexibility index (Phi) is 5.69. The number of aromatic nitrogens is 2. The molecule has 2 atom stereocenters. The minimum absolute atomic E-state index is 0.0474. The lowest BCUT2D eigenvalue weighted by molar-refractivity contribution is 0.0691. The molecule has 2 fully saturated rings. The van der Waals surface area contributed by atoms with Crippen LogP contribution in [0.15, 0.2) is 55.0 Å². The monoisotopic (exact) mass is 463 g/mol. The molecule has 0 saturated heterocycles. The molecule has 5 rings (SSSR count). The number of carboxylic acid groups (broad SMARTS) is 1. The molecule has 2 aromatic carbocycles. The first-order valence-corrected chi connectivity index (χ1v) is 12.1. The maximum atomic E-state index is 11.1. The topological polar surface area (TPSA) is 67.2 Å². The first-order valence-electron chi connectivity index (χ1n) is 11.7. The van der Waals surface area contributed by atoms with Crippen LogP contribution in [-0.4, -0.2) is 20.6 Å². The second-order valence-corrected chi connectivity index (χ2v) is 10.6. The van der Waals surface area contributed by atoms with Crippen molar-refractivity contribution in [2.45, 2.75) is 51.5 Å². The van der Waals surface area contributed by atoms with Crippen LogP contribution in [0.3, 0.4) is 0 Å². The Balaban J connectivity index is 1.34. The lowest BCUT2D eigenvalue weighted by Crippen LogP contribution is -2.25. The van der Waals surface area contributed by atoms with Crippen molar-refractivity contribution in [1.82, 2.24) is 9.55 Å². The minimum Gasteiger partial charge on any atom is -0.476 e. The molecule has 2 aliphatic carbocycles.